The average Bonchev–Trinajstić information content (AvgIpc) is 2.90. The largest absolute Gasteiger partial charge is 0.325 e. The normalized spacial score (nSPS) is 11.5. The molecule has 0 fully saturated rings. The predicted octanol–water partition coefficient (Wildman–Crippen LogP) is 6.25. The Hall–Kier alpha value is -4.65. The zero-order chi connectivity index (χ0) is 26.2. The zero-order valence-corrected chi connectivity index (χ0v) is 20.2. The highest BCUT2D eigenvalue weighted by Gasteiger charge is 2.30. The van der Waals surface area contributed by atoms with Crippen molar-refractivity contribution in [3.63, 3.8) is 0 Å². The van der Waals surface area contributed by atoms with Crippen LogP contribution in [-0.2, 0) is 10.2 Å². The van der Waals surface area contributed by atoms with E-state index in [0.29, 0.717) is 33.8 Å². The molecular weight excluding hydrogens is 472 g/mol. The van der Waals surface area contributed by atoms with E-state index in [2.05, 4.69) is 10.4 Å². The summed E-state index contributed by atoms with van der Waals surface area (Å²) in [5, 5.41) is 8.37. The van der Waals surface area contributed by atoms with E-state index < -0.39 is 22.6 Å². The van der Waals surface area contributed by atoms with Gasteiger partial charge in [0.1, 0.15) is 11.5 Å². The Balaban J connectivity index is 1.64. The van der Waals surface area contributed by atoms with Crippen molar-refractivity contribution in [2.24, 2.45) is 0 Å². The SMILES string of the molecule is CC(C)(C(=O)Nc1ccccc1)c1cccc(-c2nn(-c3ccc(F)cc3F)c(=O)c3ccccc23)c1. The zero-order valence-electron chi connectivity index (χ0n) is 20.2. The molecule has 0 aliphatic heterocycles. The van der Waals surface area contributed by atoms with Gasteiger partial charge in [-0.15, -0.1) is 0 Å². The van der Waals surface area contributed by atoms with Crippen molar-refractivity contribution in [1.82, 2.24) is 9.78 Å². The van der Waals surface area contributed by atoms with Gasteiger partial charge in [0, 0.05) is 22.7 Å². The summed E-state index contributed by atoms with van der Waals surface area (Å²) in [4.78, 5) is 26.4. The van der Waals surface area contributed by atoms with Crippen molar-refractivity contribution in [2.75, 3.05) is 5.32 Å². The minimum Gasteiger partial charge on any atom is -0.325 e. The number of anilines is 1. The lowest BCUT2D eigenvalue weighted by atomic mass is 9.82. The van der Waals surface area contributed by atoms with Crippen LogP contribution >= 0.6 is 0 Å². The van der Waals surface area contributed by atoms with Crippen LogP contribution in [0.25, 0.3) is 27.7 Å². The van der Waals surface area contributed by atoms with E-state index in [1.807, 2.05) is 68.4 Å². The maximum absolute atomic E-state index is 14.7. The summed E-state index contributed by atoms with van der Waals surface area (Å²) in [5.41, 5.74) is 0.915. The molecule has 5 nitrogen and oxygen atoms in total. The Morgan fingerprint density at radius 3 is 2.27 bits per heavy atom. The maximum atomic E-state index is 14.7. The van der Waals surface area contributed by atoms with Gasteiger partial charge in [-0.2, -0.15) is 9.78 Å². The molecule has 0 atom stereocenters. The lowest BCUT2D eigenvalue weighted by Gasteiger charge is -2.25. The molecule has 0 spiro atoms. The molecule has 5 rings (SSSR count). The minimum absolute atomic E-state index is 0.155. The summed E-state index contributed by atoms with van der Waals surface area (Å²) in [6.07, 6.45) is 0. The summed E-state index contributed by atoms with van der Waals surface area (Å²) in [6.45, 7) is 3.65. The highest BCUT2D eigenvalue weighted by Crippen LogP contribution is 2.31. The fourth-order valence-electron chi connectivity index (χ4n) is 4.21. The highest BCUT2D eigenvalue weighted by atomic mass is 19.1. The number of nitrogens with one attached hydrogen (secondary N) is 1. The second-order valence-electron chi connectivity index (χ2n) is 9.23. The van der Waals surface area contributed by atoms with Crippen molar-refractivity contribution < 1.29 is 13.6 Å². The molecular formula is C30H23F2N3O2. The number of benzene rings is 4. The summed E-state index contributed by atoms with van der Waals surface area (Å²) in [6, 6.07) is 26.4. The van der Waals surface area contributed by atoms with E-state index in [1.165, 1.54) is 6.07 Å². The lowest BCUT2D eigenvalue weighted by Crippen LogP contribution is -2.34. The molecule has 1 N–H and O–H groups in total. The number of rotatable bonds is 5. The van der Waals surface area contributed by atoms with Crippen molar-refractivity contribution in [3.05, 3.63) is 125 Å². The maximum Gasteiger partial charge on any atom is 0.279 e. The number of carbonyl (C=O) groups excluding carboxylic acids is 1. The molecule has 1 heterocycles. The summed E-state index contributed by atoms with van der Waals surface area (Å²) in [7, 11) is 0. The number of para-hydroxylation sites is 1. The lowest BCUT2D eigenvalue weighted by molar-refractivity contribution is -0.120. The van der Waals surface area contributed by atoms with Gasteiger partial charge >= 0.3 is 0 Å². The molecule has 0 radical (unpaired) electrons. The molecule has 7 heteroatoms. The molecule has 1 amide bonds. The second kappa shape index (κ2) is 9.43. The summed E-state index contributed by atoms with van der Waals surface area (Å²) >= 11 is 0. The number of aromatic nitrogens is 2. The van der Waals surface area contributed by atoms with Crippen LogP contribution in [0, 0.1) is 11.6 Å². The fraction of sp³-hybridized carbons (Fsp3) is 0.100. The molecule has 37 heavy (non-hydrogen) atoms. The van der Waals surface area contributed by atoms with Gasteiger partial charge in [0.2, 0.25) is 5.91 Å². The third-order valence-electron chi connectivity index (χ3n) is 6.40. The molecule has 184 valence electrons. The first-order valence-corrected chi connectivity index (χ1v) is 11.7. The third-order valence-corrected chi connectivity index (χ3v) is 6.40. The Labute approximate surface area is 212 Å². The smallest absolute Gasteiger partial charge is 0.279 e. The molecule has 1 aromatic heterocycles. The van der Waals surface area contributed by atoms with Crippen LogP contribution in [0.2, 0.25) is 0 Å². The van der Waals surface area contributed by atoms with Crippen LogP contribution in [0.5, 0.6) is 0 Å². The topological polar surface area (TPSA) is 64.0 Å². The molecule has 0 unspecified atom stereocenters. The van der Waals surface area contributed by atoms with E-state index in [9.17, 15) is 18.4 Å². The van der Waals surface area contributed by atoms with Crippen LogP contribution in [0.3, 0.4) is 0 Å². The van der Waals surface area contributed by atoms with Gasteiger partial charge in [0.25, 0.3) is 5.56 Å². The van der Waals surface area contributed by atoms with E-state index >= 15 is 0 Å². The number of nitrogens with zero attached hydrogens (tertiary/aromatic N) is 2. The van der Waals surface area contributed by atoms with Crippen molar-refractivity contribution in [1.29, 1.82) is 0 Å². The number of hydrogen-bond donors (Lipinski definition) is 1. The molecule has 0 saturated carbocycles. The standard InChI is InChI=1S/C30H23F2N3O2/c1-30(2,29(37)33-22-11-4-3-5-12-22)20-10-8-9-19(17-20)27-23-13-6-7-14-24(23)28(36)35(34-27)26-16-15-21(31)18-25(26)32/h3-18H,1-2H3,(H,33,37). The van der Waals surface area contributed by atoms with E-state index in [-0.39, 0.29) is 11.6 Å². The Morgan fingerprint density at radius 2 is 1.54 bits per heavy atom. The quantitative estimate of drug-likeness (QED) is 0.314. The van der Waals surface area contributed by atoms with Gasteiger partial charge in [-0.05, 0) is 55.8 Å². The van der Waals surface area contributed by atoms with Crippen LogP contribution in [-0.4, -0.2) is 15.7 Å². The minimum atomic E-state index is -0.904. The Kier molecular flexibility index (Phi) is 6.13. The predicted molar refractivity (Wildman–Crippen MR) is 141 cm³/mol. The van der Waals surface area contributed by atoms with Gasteiger partial charge in [-0.25, -0.2) is 8.78 Å². The van der Waals surface area contributed by atoms with Gasteiger partial charge < -0.3 is 5.32 Å². The summed E-state index contributed by atoms with van der Waals surface area (Å²) in [5.74, 6) is -1.84. The number of hydrogen-bond acceptors (Lipinski definition) is 3. The molecule has 0 aliphatic rings. The van der Waals surface area contributed by atoms with E-state index in [0.717, 1.165) is 16.3 Å². The molecule has 0 aliphatic carbocycles. The van der Waals surface area contributed by atoms with Crippen molar-refractivity contribution >= 4 is 22.4 Å². The van der Waals surface area contributed by atoms with E-state index in [4.69, 9.17) is 0 Å². The van der Waals surface area contributed by atoms with Crippen LogP contribution < -0.4 is 10.9 Å². The van der Waals surface area contributed by atoms with Crippen molar-refractivity contribution in [3.8, 4) is 16.9 Å². The van der Waals surface area contributed by atoms with Gasteiger partial charge in [-0.1, -0.05) is 54.6 Å². The van der Waals surface area contributed by atoms with Gasteiger partial charge in [-0.3, -0.25) is 9.59 Å². The number of halogens is 2. The van der Waals surface area contributed by atoms with Crippen LogP contribution in [0.4, 0.5) is 14.5 Å². The molecule has 5 aromatic rings. The Bertz CT molecular complexity index is 1700. The molecule has 4 aromatic carbocycles. The number of carbonyl (C=O) groups is 1. The third kappa shape index (κ3) is 4.51. The molecule has 0 bridgehead atoms. The van der Waals surface area contributed by atoms with Crippen LogP contribution in [0.15, 0.2) is 102 Å². The number of amides is 1. The van der Waals surface area contributed by atoms with Crippen LogP contribution in [0.1, 0.15) is 19.4 Å². The fourth-order valence-corrected chi connectivity index (χ4v) is 4.21. The first kappa shape index (κ1) is 24.1. The first-order valence-electron chi connectivity index (χ1n) is 11.7. The second-order valence-corrected chi connectivity index (χ2v) is 9.23. The Morgan fingerprint density at radius 1 is 0.838 bits per heavy atom. The van der Waals surface area contributed by atoms with Gasteiger partial charge in [0.15, 0.2) is 5.82 Å². The monoisotopic (exact) mass is 495 g/mol. The summed E-state index contributed by atoms with van der Waals surface area (Å²) < 4.78 is 29.1. The average molecular weight is 496 g/mol. The van der Waals surface area contributed by atoms with Gasteiger partial charge in [0.05, 0.1) is 16.5 Å². The molecule has 0 saturated heterocycles. The highest BCUT2D eigenvalue weighted by molar-refractivity contribution is 5.99. The van der Waals surface area contributed by atoms with Crippen molar-refractivity contribution in [2.45, 2.75) is 19.3 Å². The number of fused-ring (bicyclic) bond motifs is 1. The van der Waals surface area contributed by atoms with E-state index in [1.54, 1.807) is 24.3 Å². The first-order chi connectivity index (χ1) is 17.8.